The van der Waals surface area contributed by atoms with Crippen LogP contribution in [-0.4, -0.2) is 65.7 Å². The molecule has 0 aromatic heterocycles. The summed E-state index contributed by atoms with van der Waals surface area (Å²) in [5.74, 6) is -0.371. The van der Waals surface area contributed by atoms with Gasteiger partial charge >= 0.3 is 5.97 Å². The highest BCUT2D eigenvalue weighted by Crippen LogP contribution is 2.22. The number of aliphatic hydroxyl groups is 3. The van der Waals surface area contributed by atoms with Gasteiger partial charge in [-0.15, -0.1) is 0 Å². The number of esters is 1. The summed E-state index contributed by atoms with van der Waals surface area (Å²) in [7, 11) is 1.31. The van der Waals surface area contributed by atoms with Crippen molar-refractivity contribution in [2.75, 3.05) is 13.7 Å². The fourth-order valence-electron chi connectivity index (χ4n) is 2.02. The molecule has 118 valence electrons. The molecule has 0 spiro atoms. The van der Waals surface area contributed by atoms with Crippen molar-refractivity contribution in [2.24, 2.45) is 0 Å². The number of carbonyl (C=O) groups excluding carboxylic acids is 1. The van der Waals surface area contributed by atoms with Crippen LogP contribution in [0.15, 0.2) is 0 Å². The van der Waals surface area contributed by atoms with E-state index in [1.54, 1.807) is 0 Å². The van der Waals surface area contributed by atoms with Gasteiger partial charge in [-0.05, 0) is 6.42 Å². The van der Waals surface area contributed by atoms with Crippen molar-refractivity contribution >= 4 is 5.97 Å². The van der Waals surface area contributed by atoms with Crippen LogP contribution < -0.4 is 0 Å². The molecule has 0 saturated carbocycles. The highest BCUT2D eigenvalue weighted by Gasteiger charge is 2.44. The molecule has 0 unspecified atom stereocenters. The molecule has 0 radical (unpaired) electrons. The summed E-state index contributed by atoms with van der Waals surface area (Å²) in [6, 6.07) is 0. The number of rotatable bonds is 7. The van der Waals surface area contributed by atoms with Crippen molar-refractivity contribution < 1.29 is 34.3 Å². The Morgan fingerprint density at radius 1 is 1.15 bits per heavy atom. The van der Waals surface area contributed by atoms with Gasteiger partial charge in [-0.25, -0.2) is 0 Å². The molecule has 7 heteroatoms. The summed E-state index contributed by atoms with van der Waals surface area (Å²) in [6.45, 7) is 1.85. The van der Waals surface area contributed by atoms with Crippen molar-refractivity contribution in [3.63, 3.8) is 0 Å². The zero-order valence-corrected chi connectivity index (χ0v) is 11.9. The van der Waals surface area contributed by atoms with E-state index in [0.29, 0.717) is 6.42 Å². The molecule has 0 aliphatic carbocycles. The number of hydrogen-bond donors (Lipinski definition) is 3. The molecule has 0 bridgehead atoms. The summed E-state index contributed by atoms with van der Waals surface area (Å²) in [5, 5.41) is 29.0. The monoisotopic (exact) mass is 292 g/mol. The Morgan fingerprint density at radius 2 is 1.85 bits per heavy atom. The first kappa shape index (κ1) is 17.3. The van der Waals surface area contributed by atoms with E-state index in [4.69, 9.17) is 14.2 Å². The van der Waals surface area contributed by atoms with Gasteiger partial charge in [0, 0.05) is 13.5 Å². The predicted molar refractivity (Wildman–Crippen MR) is 68.8 cm³/mol. The third-order valence-corrected chi connectivity index (χ3v) is 3.29. The Hall–Kier alpha value is -0.730. The Bertz CT molecular complexity index is 294. The molecule has 1 saturated heterocycles. The van der Waals surface area contributed by atoms with Crippen molar-refractivity contribution in [3.05, 3.63) is 0 Å². The summed E-state index contributed by atoms with van der Waals surface area (Å²) < 4.78 is 15.1. The highest BCUT2D eigenvalue weighted by molar-refractivity contribution is 5.69. The number of ether oxygens (including phenoxy) is 3. The third kappa shape index (κ3) is 4.68. The molecule has 1 aliphatic heterocycles. The first-order valence-corrected chi connectivity index (χ1v) is 6.89. The first-order valence-electron chi connectivity index (χ1n) is 6.89. The summed E-state index contributed by atoms with van der Waals surface area (Å²) >= 11 is 0. The summed E-state index contributed by atoms with van der Waals surface area (Å²) in [5.41, 5.74) is 0. The van der Waals surface area contributed by atoms with Gasteiger partial charge < -0.3 is 29.5 Å². The van der Waals surface area contributed by atoms with Crippen LogP contribution in [-0.2, 0) is 19.0 Å². The molecule has 5 atom stereocenters. The summed E-state index contributed by atoms with van der Waals surface area (Å²) in [4.78, 5) is 11.5. The van der Waals surface area contributed by atoms with Gasteiger partial charge in [0.25, 0.3) is 0 Å². The van der Waals surface area contributed by atoms with Crippen LogP contribution in [0.25, 0.3) is 0 Å². The Labute approximate surface area is 118 Å². The van der Waals surface area contributed by atoms with Gasteiger partial charge in [-0.1, -0.05) is 19.8 Å². The third-order valence-electron chi connectivity index (χ3n) is 3.29. The number of methoxy groups -OCH3 is 1. The molecule has 1 aliphatic rings. The average molecular weight is 292 g/mol. The topological polar surface area (TPSA) is 105 Å². The van der Waals surface area contributed by atoms with Crippen LogP contribution >= 0.6 is 0 Å². The zero-order valence-electron chi connectivity index (χ0n) is 11.9. The molecule has 1 fully saturated rings. The number of hydrogen-bond acceptors (Lipinski definition) is 7. The van der Waals surface area contributed by atoms with Crippen LogP contribution in [0.5, 0.6) is 0 Å². The fourth-order valence-corrected chi connectivity index (χ4v) is 2.02. The minimum absolute atomic E-state index is 0.185. The lowest BCUT2D eigenvalue weighted by Crippen LogP contribution is -2.59. The normalized spacial score (nSPS) is 34.0. The van der Waals surface area contributed by atoms with Crippen LogP contribution in [0.4, 0.5) is 0 Å². The van der Waals surface area contributed by atoms with Gasteiger partial charge in [0.1, 0.15) is 31.0 Å². The molecule has 7 nitrogen and oxygen atoms in total. The van der Waals surface area contributed by atoms with E-state index in [0.717, 1.165) is 19.3 Å². The number of carbonyl (C=O) groups is 1. The van der Waals surface area contributed by atoms with Crippen LogP contribution in [0.2, 0.25) is 0 Å². The van der Waals surface area contributed by atoms with Crippen LogP contribution in [0, 0.1) is 0 Å². The van der Waals surface area contributed by atoms with Gasteiger partial charge in [-0.3, -0.25) is 4.79 Å². The van der Waals surface area contributed by atoms with E-state index in [-0.39, 0.29) is 12.6 Å². The second-order valence-corrected chi connectivity index (χ2v) is 4.89. The summed E-state index contributed by atoms with van der Waals surface area (Å²) in [6.07, 6.45) is -3.03. The van der Waals surface area contributed by atoms with Crippen LogP contribution in [0.1, 0.15) is 32.6 Å². The molecule has 1 rings (SSSR count). The van der Waals surface area contributed by atoms with E-state index in [1.807, 2.05) is 6.92 Å². The lowest BCUT2D eigenvalue weighted by atomic mass is 9.99. The highest BCUT2D eigenvalue weighted by atomic mass is 16.7. The Morgan fingerprint density at radius 3 is 2.45 bits per heavy atom. The molecule has 3 N–H and O–H groups in total. The first-order chi connectivity index (χ1) is 9.51. The van der Waals surface area contributed by atoms with Gasteiger partial charge in [-0.2, -0.15) is 0 Å². The maximum absolute atomic E-state index is 11.5. The molecular formula is C13H24O7. The standard InChI is InChI=1S/C13H24O7/c1-3-4-5-6-9(14)19-7-8-10(15)11(16)12(17)13(18-2)20-8/h8,10-13,15-17H,3-7H2,1-2H3/t8-,10-,11+,12-,13-/m1/s1. The zero-order chi connectivity index (χ0) is 15.1. The predicted octanol–water partition coefficient (Wildman–Crippen LogP) is -0.436. The quantitative estimate of drug-likeness (QED) is 0.431. The van der Waals surface area contributed by atoms with Crippen molar-refractivity contribution in [1.29, 1.82) is 0 Å². The van der Waals surface area contributed by atoms with Gasteiger partial charge in [0.05, 0.1) is 0 Å². The fraction of sp³-hybridized carbons (Fsp3) is 0.923. The molecule has 0 amide bonds. The maximum Gasteiger partial charge on any atom is 0.305 e. The smallest absolute Gasteiger partial charge is 0.305 e. The SMILES string of the molecule is CCCCCC(=O)OC[C@H]1O[C@@H](OC)[C@H](O)[C@@H](O)[C@@H]1O. The van der Waals surface area contributed by atoms with E-state index in [2.05, 4.69) is 0 Å². The number of aliphatic hydroxyl groups excluding tert-OH is 3. The molecule has 0 aromatic carbocycles. The minimum Gasteiger partial charge on any atom is -0.463 e. The average Bonchev–Trinajstić information content (AvgIpc) is 2.44. The second-order valence-electron chi connectivity index (χ2n) is 4.89. The maximum atomic E-state index is 11.5. The van der Waals surface area contributed by atoms with Crippen molar-refractivity contribution in [1.82, 2.24) is 0 Å². The van der Waals surface area contributed by atoms with Gasteiger partial charge in [0.2, 0.25) is 0 Å². The lowest BCUT2D eigenvalue weighted by molar-refractivity contribution is -0.295. The van der Waals surface area contributed by atoms with E-state index in [9.17, 15) is 20.1 Å². The van der Waals surface area contributed by atoms with Gasteiger partial charge in [0.15, 0.2) is 6.29 Å². The number of unbranched alkanes of at least 4 members (excludes halogenated alkanes) is 2. The molecular weight excluding hydrogens is 268 g/mol. The largest absolute Gasteiger partial charge is 0.463 e. The van der Waals surface area contributed by atoms with Crippen molar-refractivity contribution in [2.45, 2.75) is 63.3 Å². The molecule has 0 aromatic rings. The van der Waals surface area contributed by atoms with E-state index in [1.165, 1.54) is 7.11 Å². The Balaban J connectivity index is 2.40. The minimum atomic E-state index is -1.41. The van der Waals surface area contributed by atoms with E-state index >= 15 is 0 Å². The Kier molecular flexibility index (Phi) is 7.39. The lowest BCUT2D eigenvalue weighted by Gasteiger charge is -2.39. The van der Waals surface area contributed by atoms with Crippen LogP contribution in [0.3, 0.4) is 0 Å². The second kappa shape index (κ2) is 8.53. The van der Waals surface area contributed by atoms with Crippen molar-refractivity contribution in [3.8, 4) is 0 Å². The molecule has 20 heavy (non-hydrogen) atoms. The van der Waals surface area contributed by atoms with E-state index < -0.39 is 30.7 Å². The molecule has 1 heterocycles.